The molecule has 1 aromatic carbocycles. The molecule has 0 atom stereocenters. The second kappa shape index (κ2) is 6.33. The molecule has 0 aliphatic heterocycles. The number of hydrogen-bond donors (Lipinski definition) is 1. The van der Waals surface area contributed by atoms with Gasteiger partial charge in [0, 0.05) is 17.1 Å². The molecule has 0 saturated heterocycles. The Hall–Kier alpha value is -2.15. The lowest BCUT2D eigenvalue weighted by atomic mass is 10.1. The molecule has 0 spiro atoms. The molecule has 20 heavy (non-hydrogen) atoms. The zero-order valence-corrected chi connectivity index (χ0v) is 11.6. The summed E-state index contributed by atoms with van der Waals surface area (Å²) in [5.74, 6) is -1.94. The van der Waals surface area contributed by atoms with Crippen molar-refractivity contribution in [1.82, 2.24) is 4.90 Å². The number of nitro groups is 1. The Bertz CT molecular complexity index is 559. The third kappa shape index (κ3) is 3.67. The molecular weight excluding hydrogens is 288 g/mol. The molecule has 8 heteroatoms. The highest BCUT2D eigenvalue weighted by Gasteiger charge is 2.27. The minimum atomic E-state index is -1.20. The van der Waals surface area contributed by atoms with Gasteiger partial charge in [-0.1, -0.05) is 11.6 Å². The van der Waals surface area contributed by atoms with Gasteiger partial charge in [-0.3, -0.25) is 19.7 Å². The van der Waals surface area contributed by atoms with Gasteiger partial charge in [0.2, 0.25) is 0 Å². The van der Waals surface area contributed by atoms with Crippen molar-refractivity contribution in [2.24, 2.45) is 0 Å². The average Bonchev–Trinajstić information content (AvgIpc) is 2.34. The van der Waals surface area contributed by atoms with Gasteiger partial charge < -0.3 is 10.0 Å². The number of carbonyl (C=O) groups is 2. The number of hydrogen-bond acceptors (Lipinski definition) is 4. The summed E-state index contributed by atoms with van der Waals surface area (Å²) in [6.07, 6.45) is 0. The van der Waals surface area contributed by atoms with Crippen LogP contribution in [0.15, 0.2) is 18.2 Å². The number of nitrogens with zero attached hydrogens (tertiary/aromatic N) is 2. The molecule has 0 aliphatic rings. The molecule has 1 aromatic rings. The van der Waals surface area contributed by atoms with Crippen LogP contribution in [0.2, 0.25) is 5.02 Å². The highest BCUT2D eigenvalue weighted by Crippen LogP contribution is 2.24. The zero-order chi connectivity index (χ0) is 15.4. The Morgan fingerprint density at radius 2 is 2.05 bits per heavy atom. The van der Waals surface area contributed by atoms with Crippen LogP contribution in [0, 0.1) is 10.1 Å². The molecule has 0 bridgehead atoms. The normalized spacial score (nSPS) is 10.4. The quantitative estimate of drug-likeness (QED) is 0.663. The lowest BCUT2D eigenvalue weighted by Gasteiger charge is -2.24. The Morgan fingerprint density at radius 3 is 2.50 bits per heavy atom. The van der Waals surface area contributed by atoms with E-state index in [2.05, 4.69) is 0 Å². The molecule has 0 aliphatic carbocycles. The molecule has 0 radical (unpaired) electrons. The molecular formula is C12H13ClN2O5. The monoisotopic (exact) mass is 300 g/mol. The standard InChI is InChI=1S/C12H13ClN2O5/c1-7(2)14(6-11(16)17)12(18)9-5-8(13)3-4-10(9)15(19)20/h3-5,7H,6H2,1-2H3,(H,16,17). The van der Waals surface area contributed by atoms with E-state index in [0.29, 0.717) is 0 Å². The summed E-state index contributed by atoms with van der Waals surface area (Å²) >= 11 is 5.75. The molecule has 0 aromatic heterocycles. The van der Waals surface area contributed by atoms with Crippen molar-refractivity contribution in [2.45, 2.75) is 19.9 Å². The minimum absolute atomic E-state index is 0.165. The summed E-state index contributed by atoms with van der Waals surface area (Å²) in [6, 6.07) is 3.17. The molecule has 0 heterocycles. The number of nitro benzene ring substituents is 1. The maximum absolute atomic E-state index is 12.3. The summed E-state index contributed by atoms with van der Waals surface area (Å²) in [4.78, 5) is 34.3. The van der Waals surface area contributed by atoms with E-state index in [9.17, 15) is 19.7 Å². The Balaban J connectivity index is 3.27. The van der Waals surface area contributed by atoms with Crippen molar-refractivity contribution < 1.29 is 19.6 Å². The van der Waals surface area contributed by atoms with Crippen molar-refractivity contribution in [3.8, 4) is 0 Å². The predicted octanol–water partition coefficient (Wildman–Crippen LogP) is 2.18. The van der Waals surface area contributed by atoms with E-state index in [1.165, 1.54) is 12.1 Å². The average molecular weight is 301 g/mol. The first kappa shape index (κ1) is 15.9. The van der Waals surface area contributed by atoms with Gasteiger partial charge in [-0.05, 0) is 26.0 Å². The first-order valence-electron chi connectivity index (χ1n) is 5.70. The number of carboxylic acid groups (broad SMARTS) is 1. The zero-order valence-electron chi connectivity index (χ0n) is 10.9. The van der Waals surface area contributed by atoms with Crippen LogP contribution in [0.25, 0.3) is 0 Å². The van der Waals surface area contributed by atoms with Gasteiger partial charge in [0.05, 0.1) is 4.92 Å². The fraction of sp³-hybridized carbons (Fsp3) is 0.333. The highest BCUT2D eigenvalue weighted by atomic mass is 35.5. The summed E-state index contributed by atoms with van der Waals surface area (Å²) < 4.78 is 0. The fourth-order valence-electron chi connectivity index (χ4n) is 1.63. The summed E-state index contributed by atoms with van der Waals surface area (Å²) in [5, 5.41) is 19.9. The van der Waals surface area contributed by atoms with E-state index in [4.69, 9.17) is 16.7 Å². The second-order valence-corrected chi connectivity index (χ2v) is 4.78. The van der Waals surface area contributed by atoms with Crippen LogP contribution in [0.5, 0.6) is 0 Å². The van der Waals surface area contributed by atoms with Crippen molar-refractivity contribution in [3.63, 3.8) is 0 Å². The Labute approximate surface area is 119 Å². The largest absolute Gasteiger partial charge is 0.480 e. The molecule has 0 saturated carbocycles. The summed E-state index contributed by atoms with van der Waals surface area (Å²) in [5.41, 5.74) is -0.632. The van der Waals surface area contributed by atoms with Crippen molar-refractivity contribution >= 4 is 29.2 Å². The first-order chi connectivity index (χ1) is 9.23. The molecule has 0 fully saturated rings. The third-order valence-electron chi connectivity index (χ3n) is 2.58. The molecule has 108 valence electrons. The SMILES string of the molecule is CC(C)N(CC(=O)O)C(=O)c1cc(Cl)ccc1[N+](=O)[O-]. The molecule has 7 nitrogen and oxygen atoms in total. The van der Waals surface area contributed by atoms with Gasteiger partial charge in [-0.15, -0.1) is 0 Å². The van der Waals surface area contributed by atoms with Crippen LogP contribution < -0.4 is 0 Å². The van der Waals surface area contributed by atoms with Gasteiger partial charge in [0.25, 0.3) is 11.6 Å². The number of amides is 1. The van der Waals surface area contributed by atoms with Crippen LogP contribution in [0.1, 0.15) is 24.2 Å². The van der Waals surface area contributed by atoms with Gasteiger partial charge >= 0.3 is 5.97 Å². The van der Waals surface area contributed by atoms with Crippen molar-refractivity contribution in [3.05, 3.63) is 38.9 Å². The lowest BCUT2D eigenvalue weighted by Crippen LogP contribution is -2.40. The lowest BCUT2D eigenvalue weighted by molar-refractivity contribution is -0.385. The van der Waals surface area contributed by atoms with E-state index in [1.54, 1.807) is 13.8 Å². The second-order valence-electron chi connectivity index (χ2n) is 4.34. The topological polar surface area (TPSA) is 101 Å². The number of aliphatic carboxylic acids is 1. The van der Waals surface area contributed by atoms with Crippen LogP contribution in [0.4, 0.5) is 5.69 Å². The molecule has 1 amide bonds. The summed E-state index contributed by atoms with van der Waals surface area (Å²) in [7, 11) is 0. The van der Waals surface area contributed by atoms with Crippen LogP contribution in [0.3, 0.4) is 0 Å². The van der Waals surface area contributed by atoms with Gasteiger partial charge in [0.15, 0.2) is 0 Å². The van der Waals surface area contributed by atoms with E-state index in [0.717, 1.165) is 11.0 Å². The molecule has 0 unspecified atom stereocenters. The number of rotatable bonds is 5. The van der Waals surface area contributed by atoms with E-state index in [1.807, 2.05) is 0 Å². The Kier molecular flexibility index (Phi) is 5.04. The maximum Gasteiger partial charge on any atom is 0.323 e. The minimum Gasteiger partial charge on any atom is -0.480 e. The van der Waals surface area contributed by atoms with Gasteiger partial charge in [-0.2, -0.15) is 0 Å². The molecule has 1 rings (SSSR count). The molecule has 1 N–H and O–H groups in total. The summed E-state index contributed by atoms with van der Waals surface area (Å²) in [6.45, 7) is 2.70. The number of carboxylic acids is 1. The van der Waals surface area contributed by atoms with E-state index >= 15 is 0 Å². The number of halogens is 1. The van der Waals surface area contributed by atoms with Crippen molar-refractivity contribution in [1.29, 1.82) is 0 Å². The van der Waals surface area contributed by atoms with Gasteiger partial charge in [-0.25, -0.2) is 0 Å². The van der Waals surface area contributed by atoms with Crippen LogP contribution in [-0.2, 0) is 4.79 Å². The van der Waals surface area contributed by atoms with E-state index in [-0.39, 0.29) is 10.6 Å². The van der Waals surface area contributed by atoms with Crippen LogP contribution in [-0.4, -0.2) is 39.4 Å². The first-order valence-corrected chi connectivity index (χ1v) is 6.08. The maximum atomic E-state index is 12.3. The number of benzene rings is 1. The smallest absolute Gasteiger partial charge is 0.323 e. The van der Waals surface area contributed by atoms with Crippen molar-refractivity contribution in [2.75, 3.05) is 6.54 Å². The van der Waals surface area contributed by atoms with Crippen LogP contribution >= 0.6 is 11.6 Å². The van der Waals surface area contributed by atoms with E-state index < -0.39 is 35.1 Å². The third-order valence-corrected chi connectivity index (χ3v) is 2.81. The Morgan fingerprint density at radius 1 is 1.45 bits per heavy atom. The highest BCUT2D eigenvalue weighted by molar-refractivity contribution is 6.31. The fourth-order valence-corrected chi connectivity index (χ4v) is 1.80. The predicted molar refractivity (Wildman–Crippen MR) is 71.9 cm³/mol. The number of carbonyl (C=O) groups excluding carboxylic acids is 1. The van der Waals surface area contributed by atoms with Gasteiger partial charge in [0.1, 0.15) is 12.1 Å².